The maximum atomic E-state index is 13.0. The van der Waals surface area contributed by atoms with Crippen LogP contribution >= 0.6 is 11.8 Å². The Morgan fingerprint density at radius 1 is 1.05 bits per heavy atom. The summed E-state index contributed by atoms with van der Waals surface area (Å²) in [6, 6.07) is 15.7. The molecular weight excluding hydrogens is 299 g/mol. The third kappa shape index (κ3) is 3.26. The molecule has 0 aliphatic rings. The maximum absolute atomic E-state index is 13.0. The molecule has 0 aliphatic heterocycles. The van der Waals surface area contributed by atoms with Crippen LogP contribution in [0.3, 0.4) is 0 Å². The fourth-order valence-electron chi connectivity index (χ4n) is 2.02. The number of thioether (sulfide) groups is 1. The highest BCUT2D eigenvalue weighted by Crippen LogP contribution is 2.18. The molecule has 1 heterocycles. The van der Waals surface area contributed by atoms with Gasteiger partial charge in [-0.3, -0.25) is 9.36 Å². The highest BCUT2D eigenvalue weighted by Gasteiger charge is 2.07. The van der Waals surface area contributed by atoms with Gasteiger partial charge in [-0.25, -0.2) is 9.37 Å². The number of nitrogens with zero attached hydrogens (tertiary/aromatic N) is 2. The predicted molar refractivity (Wildman–Crippen MR) is 85.8 cm³/mol. The summed E-state index contributed by atoms with van der Waals surface area (Å²) in [5.41, 5.74) is 1.55. The van der Waals surface area contributed by atoms with Gasteiger partial charge in [0.15, 0.2) is 5.03 Å². The largest absolute Gasteiger partial charge is 0.287 e. The van der Waals surface area contributed by atoms with Crippen LogP contribution in [0.25, 0.3) is 5.69 Å². The number of rotatable bonds is 4. The van der Waals surface area contributed by atoms with Crippen LogP contribution in [0.5, 0.6) is 0 Å². The van der Waals surface area contributed by atoms with E-state index in [0.29, 0.717) is 16.5 Å². The van der Waals surface area contributed by atoms with Gasteiger partial charge in [0.1, 0.15) is 5.82 Å². The van der Waals surface area contributed by atoms with E-state index >= 15 is 0 Å². The van der Waals surface area contributed by atoms with Crippen molar-refractivity contribution in [1.29, 1.82) is 0 Å². The van der Waals surface area contributed by atoms with Gasteiger partial charge >= 0.3 is 0 Å². The molecule has 2 aromatic carbocycles. The van der Waals surface area contributed by atoms with Crippen molar-refractivity contribution in [2.75, 3.05) is 0 Å². The van der Waals surface area contributed by atoms with E-state index < -0.39 is 0 Å². The maximum Gasteiger partial charge on any atom is 0.287 e. The summed E-state index contributed by atoms with van der Waals surface area (Å²) in [4.78, 5) is 16.6. The van der Waals surface area contributed by atoms with E-state index in [4.69, 9.17) is 0 Å². The van der Waals surface area contributed by atoms with Crippen molar-refractivity contribution in [2.45, 2.75) is 10.8 Å². The fourth-order valence-corrected chi connectivity index (χ4v) is 2.88. The summed E-state index contributed by atoms with van der Waals surface area (Å²) in [5.74, 6) is 0.348. The van der Waals surface area contributed by atoms with Crippen LogP contribution in [0.15, 0.2) is 76.8 Å². The zero-order valence-corrected chi connectivity index (χ0v) is 12.5. The van der Waals surface area contributed by atoms with Gasteiger partial charge < -0.3 is 0 Å². The summed E-state index contributed by atoms with van der Waals surface area (Å²) in [6.07, 6.45) is 3.17. The molecule has 110 valence electrons. The molecule has 5 heteroatoms. The van der Waals surface area contributed by atoms with Crippen molar-refractivity contribution in [2.24, 2.45) is 0 Å². The van der Waals surface area contributed by atoms with Gasteiger partial charge in [-0.05, 0) is 29.8 Å². The van der Waals surface area contributed by atoms with E-state index in [1.54, 1.807) is 24.5 Å². The molecule has 3 aromatic rings. The van der Waals surface area contributed by atoms with E-state index in [0.717, 1.165) is 5.56 Å². The molecule has 0 atom stereocenters. The van der Waals surface area contributed by atoms with E-state index in [-0.39, 0.29) is 11.4 Å². The molecule has 0 aliphatic carbocycles. The molecule has 0 saturated heterocycles. The third-order valence-corrected chi connectivity index (χ3v) is 4.16. The topological polar surface area (TPSA) is 34.9 Å². The van der Waals surface area contributed by atoms with E-state index in [2.05, 4.69) is 4.98 Å². The Labute approximate surface area is 131 Å². The average Bonchev–Trinajstić information content (AvgIpc) is 2.56. The average molecular weight is 312 g/mol. The molecule has 1 aromatic heterocycles. The molecule has 0 N–H and O–H groups in total. The lowest BCUT2D eigenvalue weighted by Gasteiger charge is -2.07. The molecule has 0 bridgehead atoms. The minimum Gasteiger partial charge on any atom is -0.280 e. The zero-order chi connectivity index (χ0) is 15.4. The Bertz CT molecular complexity index is 816. The fraction of sp³-hybridized carbons (Fsp3) is 0.0588. The Kier molecular flexibility index (Phi) is 4.34. The van der Waals surface area contributed by atoms with Crippen molar-refractivity contribution >= 4 is 11.8 Å². The number of benzene rings is 2. The minimum absolute atomic E-state index is 0.199. The number of halogens is 1. The standard InChI is InChI=1S/C17H13FN2OS/c18-14-6-8-15(9-7-14)20-11-10-19-16(17(20)21)22-12-13-4-2-1-3-5-13/h1-11H,12H2. The van der Waals surface area contributed by atoms with Gasteiger partial charge in [0.2, 0.25) is 0 Å². The quantitative estimate of drug-likeness (QED) is 0.690. The van der Waals surface area contributed by atoms with Crippen LogP contribution in [0, 0.1) is 5.82 Å². The lowest BCUT2D eigenvalue weighted by molar-refractivity contribution is 0.627. The second-order valence-corrected chi connectivity index (χ2v) is 5.62. The van der Waals surface area contributed by atoms with Gasteiger partial charge in [-0.2, -0.15) is 0 Å². The Balaban J connectivity index is 1.86. The predicted octanol–water partition coefficient (Wildman–Crippen LogP) is 3.66. The summed E-state index contributed by atoms with van der Waals surface area (Å²) in [5, 5.41) is 0.427. The molecule has 3 rings (SSSR count). The monoisotopic (exact) mass is 312 g/mol. The van der Waals surface area contributed by atoms with Gasteiger partial charge in [0, 0.05) is 23.8 Å². The first-order valence-electron chi connectivity index (χ1n) is 6.74. The molecule has 0 fully saturated rings. The highest BCUT2D eigenvalue weighted by molar-refractivity contribution is 7.98. The van der Waals surface area contributed by atoms with Crippen LogP contribution in [0.4, 0.5) is 4.39 Å². The van der Waals surface area contributed by atoms with E-state index in [1.807, 2.05) is 30.3 Å². The highest BCUT2D eigenvalue weighted by atomic mass is 32.2. The van der Waals surface area contributed by atoms with Crippen LogP contribution in [-0.2, 0) is 5.75 Å². The lowest BCUT2D eigenvalue weighted by atomic mass is 10.2. The second kappa shape index (κ2) is 6.58. The molecule has 0 spiro atoms. The molecule has 22 heavy (non-hydrogen) atoms. The Morgan fingerprint density at radius 2 is 1.77 bits per heavy atom. The zero-order valence-electron chi connectivity index (χ0n) is 11.6. The van der Waals surface area contributed by atoms with E-state index in [9.17, 15) is 9.18 Å². The van der Waals surface area contributed by atoms with Gasteiger partial charge in [-0.1, -0.05) is 42.1 Å². The van der Waals surface area contributed by atoms with Crippen LogP contribution in [-0.4, -0.2) is 9.55 Å². The Hall–Kier alpha value is -2.40. The second-order valence-electron chi connectivity index (χ2n) is 4.66. The Morgan fingerprint density at radius 3 is 2.50 bits per heavy atom. The minimum atomic E-state index is -0.329. The lowest BCUT2D eigenvalue weighted by Crippen LogP contribution is -2.20. The van der Waals surface area contributed by atoms with Crippen molar-refractivity contribution < 1.29 is 4.39 Å². The SMILES string of the molecule is O=c1c(SCc2ccccc2)nccn1-c1ccc(F)cc1. The number of hydrogen-bond donors (Lipinski definition) is 0. The molecule has 0 radical (unpaired) electrons. The summed E-state index contributed by atoms with van der Waals surface area (Å²) < 4.78 is 14.5. The van der Waals surface area contributed by atoms with Crippen molar-refractivity contribution in [3.63, 3.8) is 0 Å². The first-order chi connectivity index (χ1) is 10.7. The molecule has 3 nitrogen and oxygen atoms in total. The van der Waals surface area contributed by atoms with Crippen LogP contribution < -0.4 is 5.56 Å². The first-order valence-corrected chi connectivity index (χ1v) is 7.73. The van der Waals surface area contributed by atoms with E-state index in [1.165, 1.54) is 28.5 Å². The summed E-state index contributed by atoms with van der Waals surface area (Å²) >= 11 is 1.39. The number of aromatic nitrogens is 2. The van der Waals surface area contributed by atoms with Crippen molar-refractivity contribution in [1.82, 2.24) is 9.55 Å². The van der Waals surface area contributed by atoms with Crippen LogP contribution in [0.1, 0.15) is 5.56 Å². The number of hydrogen-bond acceptors (Lipinski definition) is 3. The third-order valence-electron chi connectivity index (χ3n) is 3.13. The van der Waals surface area contributed by atoms with Crippen molar-refractivity contribution in [3.05, 3.63) is 88.7 Å². The molecule has 0 unspecified atom stereocenters. The van der Waals surface area contributed by atoms with Gasteiger partial charge in [0.05, 0.1) is 0 Å². The molecule has 0 amide bonds. The van der Waals surface area contributed by atoms with Crippen molar-refractivity contribution in [3.8, 4) is 5.69 Å². The van der Waals surface area contributed by atoms with Gasteiger partial charge in [0.25, 0.3) is 5.56 Å². The molecule has 0 saturated carbocycles. The van der Waals surface area contributed by atoms with Crippen LogP contribution in [0.2, 0.25) is 0 Å². The first kappa shape index (κ1) is 14.5. The summed E-state index contributed by atoms with van der Waals surface area (Å²) in [6.45, 7) is 0. The normalized spacial score (nSPS) is 10.6. The molecular formula is C17H13FN2OS. The smallest absolute Gasteiger partial charge is 0.280 e. The van der Waals surface area contributed by atoms with Gasteiger partial charge in [-0.15, -0.1) is 0 Å². The summed E-state index contributed by atoms with van der Waals surface area (Å²) in [7, 11) is 0.